The second-order valence-corrected chi connectivity index (χ2v) is 5.74. The zero-order chi connectivity index (χ0) is 11.4. The molecule has 1 aromatic heterocycles. The van der Waals surface area contributed by atoms with Gasteiger partial charge in [-0.05, 0) is 41.7 Å². The fourth-order valence-electron chi connectivity index (χ4n) is 1.97. The van der Waals surface area contributed by atoms with Gasteiger partial charge in [0.15, 0.2) is 0 Å². The van der Waals surface area contributed by atoms with E-state index in [-0.39, 0.29) is 5.91 Å². The van der Waals surface area contributed by atoms with Crippen LogP contribution in [0, 0.1) is 0 Å². The standard InChI is InChI=1S/C12H16BrNOS/c13-5-6-14(11-2-1-3-11)12(15)8-10-4-7-16-9-10/h4,7,9,11H,1-3,5-6,8H2. The topological polar surface area (TPSA) is 20.3 Å². The number of thiophene rings is 1. The second-order valence-electron chi connectivity index (χ2n) is 4.17. The van der Waals surface area contributed by atoms with Gasteiger partial charge in [0, 0.05) is 17.9 Å². The molecule has 0 spiro atoms. The van der Waals surface area contributed by atoms with Crippen molar-refractivity contribution in [2.45, 2.75) is 31.7 Å². The minimum Gasteiger partial charge on any atom is -0.339 e. The lowest BCUT2D eigenvalue weighted by Crippen LogP contribution is -2.45. The monoisotopic (exact) mass is 301 g/mol. The molecule has 0 saturated heterocycles. The average molecular weight is 302 g/mol. The fraction of sp³-hybridized carbons (Fsp3) is 0.583. The quantitative estimate of drug-likeness (QED) is 0.766. The lowest BCUT2D eigenvalue weighted by molar-refractivity contribution is -0.134. The van der Waals surface area contributed by atoms with Crippen LogP contribution in [0.1, 0.15) is 24.8 Å². The molecular weight excluding hydrogens is 286 g/mol. The highest BCUT2D eigenvalue weighted by Gasteiger charge is 2.27. The summed E-state index contributed by atoms with van der Waals surface area (Å²) in [7, 11) is 0. The minimum absolute atomic E-state index is 0.280. The summed E-state index contributed by atoms with van der Waals surface area (Å²) >= 11 is 5.08. The number of hydrogen-bond acceptors (Lipinski definition) is 2. The summed E-state index contributed by atoms with van der Waals surface area (Å²) in [6, 6.07) is 2.54. The van der Waals surface area contributed by atoms with Gasteiger partial charge in [-0.1, -0.05) is 15.9 Å². The van der Waals surface area contributed by atoms with Crippen LogP contribution in [-0.4, -0.2) is 28.7 Å². The van der Waals surface area contributed by atoms with E-state index in [2.05, 4.69) is 26.2 Å². The summed E-state index contributed by atoms with van der Waals surface area (Å²) in [4.78, 5) is 14.2. The van der Waals surface area contributed by atoms with E-state index in [0.29, 0.717) is 12.5 Å². The second kappa shape index (κ2) is 5.82. The molecule has 2 nitrogen and oxygen atoms in total. The van der Waals surface area contributed by atoms with E-state index in [1.807, 2.05) is 11.4 Å². The molecule has 0 radical (unpaired) electrons. The van der Waals surface area contributed by atoms with Crippen LogP contribution in [0.15, 0.2) is 16.8 Å². The van der Waals surface area contributed by atoms with Gasteiger partial charge in [0.2, 0.25) is 5.91 Å². The highest BCUT2D eigenvalue weighted by Crippen LogP contribution is 2.25. The van der Waals surface area contributed by atoms with E-state index in [1.165, 1.54) is 19.3 Å². The zero-order valence-electron chi connectivity index (χ0n) is 9.19. The van der Waals surface area contributed by atoms with Crippen LogP contribution in [0.2, 0.25) is 0 Å². The average Bonchev–Trinajstić information content (AvgIpc) is 2.67. The number of carbonyl (C=O) groups excluding carboxylic acids is 1. The van der Waals surface area contributed by atoms with Gasteiger partial charge in [0.05, 0.1) is 6.42 Å². The Morgan fingerprint density at radius 2 is 2.38 bits per heavy atom. The lowest BCUT2D eigenvalue weighted by atomic mass is 9.91. The summed E-state index contributed by atoms with van der Waals surface area (Å²) in [6.45, 7) is 0.841. The molecule has 0 unspecified atom stereocenters. The largest absolute Gasteiger partial charge is 0.339 e. The molecule has 2 rings (SSSR count). The molecule has 4 heteroatoms. The molecule has 1 heterocycles. The number of alkyl halides is 1. The Kier molecular flexibility index (Phi) is 4.41. The van der Waals surface area contributed by atoms with Gasteiger partial charge < -0.3 is 4.90 Å². The van der Waals surface area contributed by atoms with E-state index < -0.39 is 0 Å². The summed E-state index contributed by atoms with van der Waals surface area (Å²) < 4.78 is 0. The van der Waals surface area contributed by atoms with E-state index in [1.54, 1.807) is 11.3 Å². The Hall–Kier alpha value is -0.350. The fourth-order valence-corrected chi connectivity index (χ4v) is 3.02. The molecule has 0 atom stereocenters. The molecule has 0 bridgehead atoms. The maximum atomic E-state index is 12.1. The maximum absolute atomic E-state index is 12.1. The number of halogens is 1. The van der Waals surface area contributed by atoms with Crippen LogP contribution >= 0.6 is 27.3 Å². The van der Waals surface area contributed by atoms with Gasteiger partial charge in [-0.2, -0.15) is 11.3 Å². The van der Waals surface area contributed by atoms with E-state index in [9.17, 15) is 4.79 Å². The molecule has 0 N–H and O–H groups in total. The Balaban J connectivity index is 1.93. The van der Waals surface area contributed by atoms with Crippen LogP contribution in [-0.2, 0) is 11.2 Å². The van der Waals surface area contributed by atoms with Crippen molar-refractivity contribution in [3.8, 4) is 0 Å². The maximum Gasteiger partial charge on any atom is 0.227 e. The SMILES string of the molecule is O=C(Cc1ccsc1)N(CCBr)C1CCC1. The van der Waals surface area contributed by atoms with Crippen LogP contribution in [0.25, 0.3) is 0 Å². The first-order chi connectivity index (χ1) is 7.81. The van der Waals surface area contributed by atoms with Crippen molar-refractivity contribution in [1.29, 1.82) is 0 Å². The number of carbonyl (C=O) groups is 1. The Labute approximate surface area is 109 Å². The first-order valence-electron chi connectivity index (χ1n) is 5.68. The molecule has 1 amide bonds. The number of amides is 1. The normalized spacial score (nSPS) is 15.8. The lowest BCUT2D eigenvalue weighted by Gasteiger charge is -2.37. The van der Waals surface area contributed by atoms with Crippen LogP contribution in [0.3, 0.4) is 0 Å². The van der Waals surface area contributed by atoms with Gasteiger partial charge in [0.1, 0.15) is 0 Å². The third kappa shape index (κ3) is 2.86. The van der Waals surface area contributed by atoms with Gasteiger partial charge in [-0.3, -0.25) is 4.79 Å². The zero-order valence-corrected chi connectivity index (χ0v) is 11.6. The summed E-state index contributed by atoms with van der Waals surface area (Å²) in [5.74, 6) is 0.280. The smallest absolute Gasteiger partial charge is 0.227 e. The van der Waals surface area contributed by atoms with Crippen LogP contribution in [0.4, 0.5) is 0 Å². The van der Waals surface area contributed by atoms with E-state index >= 15 is 0 Å². The van der Waals surface area contributed by atoms with Gasteiger partial charge >= 0.3 is 0 Å². The van der Waals surface area contributed by atoms with Gasteiger partial charge in [0.25, 0.3) is 0 Å². The molecule has 0 aliphatic heterocycles. The molecule has 1 saturated carbocycles. The van der Waals surface area contributed by atoms with Crippen molar-refractivity contribution in [3.63, 3.8) is 0 Å². The summed E-state index contributed by atoms with van der Waals surface area (Å²) in [5, 5.41) is 4.96. The van der Waals surface area contributed by atoms with Crippen molar-refractivity contribution in [3.05, 3.63) is 22.4 Å². The molecule has 1 aromatic rings. The first kappa shape index (κ1) is 12.1. The van der Waals surface area contributed by atoms with Crippen molar-refractivity contribution in [1.82, 2.24) is 4.90 Å². The van der Waals surface area contributed by atoms with Crippen molar-refractivity contribution < 1.29 is 4.79 Å². The van der Waals surface area contributed by atoms with Gasteiger partial charge in [-0.25, -0.2) is 0 Å². The van der Waals surface area contributed by atoms with Crippen molar-refractivity contribution in [2.75, 3.05) is 11.9 Å². The molecule has 16 heavy (non-hydrogen) atoms. The Bertz CT molecular complexity index is 335. The number of nitrogens with zero attached hydrogens (tertiary/aromatic N) is 1. The summed E-state index contributed by atoms with van der Waals surface area (Å²) in [6.07, 6.45) is 4.20. The molecule has 1 aliphatic rings. The van der Waals surface area contributed by atoms with Crippen molar-refractivity contribution >= 4 is 33.2 Å². The van der Waals surface area contributed by atoms with Crippen molar-refractivity contribution in [2.24, 2.45) is 0 Å². The molecule has 1 aliphatic carbocycles. The Morgan fingerprint density at radius 1 is 1.56 bits per heavy atom. The number of rotatable bonds is 5. The molecule has 88 valence electrons. The third-order valence-electron chi connectivity index (χ3n) is 3.10. The Morgan fingerprint density at radius 3 is 2.88 bits per heavy atom. The predicted octanol–water partition coefficient (Wildman–Crippen LogP) is 3.07. The third-order valence-corrected chi connectivity index (χ3v) is 4.18. The molecular formula is C12H16BrNOS. The van der Waals surface area contributed by atoms with Crippen LogP contribution in [0.5, 0.6) is 0 Å². The molecule has 0 aromatic carbocycles. The minimum atomic E-state index is 0.280. The number of hydrogen-bond donors (Lipinski definition) is 0. The highest BCUT2D eigenvalue weighted by atomic mass is 79.9. The van der Waals surface area contributed by atoms with E-state index in [0.717, 1.165) is 17.4 Å². The molecule has 1 fully saturated rings. The summed E-state index contributed by atoms with van der Waals surface area (Å²) in [5.41, 5.74) is 1.15. The highest BCUT2D eigenvalue weighted by molar-refractivity contribution is 9.09. The first-order valence-corrected chi connectivity index (χ1v) is 7.74. The van der Waals surface area contributed by atoms with E-state index in [4.69, 9.17) is 0 Å². The van der Waals surface area contributed by atoms with Crippen LogP contribution < -0.4 is 0 Å². The van der Waals surface area contributed by atoms with Gasteiger partial charge in [-0.15, -0.1) is 0 Å². The predicted molar refractivity (Wildman–Crippen MR) is 71.2 cm³/mol.